The van der Waals surface area contributed by atoms with Gasteiger partial charge < -0.3 is 5.32 Å². The molecule has 1 fully saturated rings. The van der Waals surface area contributed by atoms with E-state index < -0.39 is 5.82 Å². The Balaban J connectivity index is 1.72. The monoisotopic (exact) mass is 232 g/mol. The number of carbonyl (C=O) groups is 1. The number of aromatic nitrogens is 1. The smallest absolute Gasteiger partial charge is 0.228 e. The molecule has 0 spiro atoms. The number of halogens is 1. The van der Waals surface area contributed by atoms with Crippen LogP contribution in [0.3, 0.4) is 0 Å². The Morgan fingerprint density at radius 2 is 2.29 bits per heavy atom. The van der Waals surface area contributed by atoms with Gasteiger partial charge in [0.1, 0.15) is 0 Å². The molecule has 0 aromatic carbocycles. The molecule has 0 saturated heterocycles. The molecule has 3 rings (SSSR count). The number of anilines is 1. The summed E-state index contributed by atoms with van der Waals surface area (Å²) in [6, 6.07) is 1.48. The van der Waals surface area contributed by atoms with E-state index in [0.29, 0.717) is 11.8 Å². The molecule has 1 heterocycles. The molecule has 1 amide bonds. The fourth-order valence-corrected chi connectivity index (χ4v) is 2.78. The molecule has 4 heteroatoms. The lowest BCUT2D eigenvalue weighted by Crippen LogP contribution is -2.26. The minimum atomic E-state index is -0.487. The molecule has 0 radical (unpaired) electrons. The van der Waals surface area contributed by atoms with Crippen LogP contribution in [-0.4, -0.2) is 10.9 Å². The lowest BCUT2D eigenvalue weighted by atomic mass is 9.93. The molecule has 2 aliphatic carbocycles. The maximum atomic E-state index is 13.3. The van der Waals surface area contributed by atoms with Crippen LogP contribution in [0.2, 0.25) is 0 Å². The van der Waals surface area contributed by atoms with Gasteiger partial charge in [0.15, 0.2) is 5.82 Å². The number of pyridine rings is 1. The van der Waals surface area contributed by atoms with Crippen LogP contribution in [0.25, 0.3) is 0 Å². The van der Waals surface area contributed by atoms with Crippen LogP contribution in [-0.2, 0) is 4.79 Å². The van der Waals surface area contributed by atoms with Crippen molar-refractivity contribution in [3.8, 4) is 0 Å². The van der Waals surface area contributed by atoms with Crippen molar-refractivity contribution in [2.75, 3.05) is 5.32 Å². The van der Waals surface area contributed by atoms with Crippen molar-refractivity contribution >= 4 is 11.6 Å². The van der Waals surface area contributed by atoms with Gasteiger partial charge in [-0.3, -0.25) is 9.78 Å². The molecule has 1 aromatic rings. The number of fused-ring (bicyclic) bond motifs is 2. The highest BCUT2D eigenvalue weighted by molar-refractivity contribution is 5.93. The van der Waals surface area contributed by atoms with Gasteiger partial charge in [0.25, 0.3) is 0 Å². The van der Waals surface area contributed by atoms with E-state index in [1.54, 1.807) is 0 Å². The number of allylic oxidation sites excluding steroid dienone is 2. The Labute approximate surface area is 98.7 Å². The zero-order valence-electron chi connectivity index (χ0n) is 9.27. The van der Waals surface area contributed by atoms with Crippen LogP contribution in [0.4, 0.5) is 10.1 Å². The van der Waals surface area contributed by atoms with Crippen molar-refractivity contribution in [1.82, 2.24) is 4.98 Å². The zero-order chi connectivity index (χ0) is 11.8. The number of hydrogen-bond acceptors (Lipinski definition) is 2. The molecular weight excluding hydrogens is 219 g/mol. The Bertz CT molecular complexity index is 486. The maximum absolute atomic E-state index is 13.3. The first-order valence-electron chi connectivity index (χ1n) is 5.83. The maximum Gasteiger partial charge on any atom is 0.228 e. The molecule has 2 aliphatic rings. The first-order valence-corrected chi connectivity index (χ1v) is 5.83. The molecule has 3 nitrogen and oxygen atoms in total. The summed E-state index contributed by atoms with van der Waals surface area (Å²) in [6.45, 7) is 0. The van der Waals surface area contributed by atoms with Gasteiger partial charge in [0.2, 0.25) is 5.91 Å². The van der Waals surface area contributed by atoms with Crippen LogP contribution < -0.4 is 5.32 Å². The number of nitrogens with one attached hydrogen (secondary N) is 1. The lowest BCUT2D eigenvalue weighted by molar-refractivity contribution is -0.120. The summed E-state index contributed by atoms with van der Waals surface area (Å²) in [6.07, 6.45) is 8.83. The van der Waals surface area contributed by atoms with Crippen molar-refractivity contribution in [2.24, 2.45) is 17.8 Å². The van der Waals surface area contributed by atoms with Gasteiger partial charge in [-0.05, 0) is 30.7 Å². The second kappa shape index (κ2) is 3.95. The van der Waals surface area contributed by atoms with E-state index in [4.69, 9.17) is 0 Å². The minimum Gasteiger partial charge on any atom is -0.323 e. The van der Waals surface area contributed by atoms with E-state index in [1.807, 2.05) is 0 Å². The van der Waals surface area contributed by atoms with Crippen LogP contribution in [0.15, 0.2) is 30.6 Å². The number of rotatable bonds is 2. The summed E-state index contributed by atoms with van der Waals surface area (Å²) in [5.41, 5.74) is 0.219. The molecular formula is C13H13FN2O. The van der Waals surface area contributed by atoms with Crippen LogP contribution in [0, 0.1) is 23.6 Å². The largest absolute Gasteiger partial charge is 0.323 e. The van der Waals surface area contributed by atoms with E-state index in [2.05, 4.69) is 22.5 Å². The van der Waals surface area contributed by atoms with Crippen molar-refractivity contribution < 1.29 is 9.18 Å². The predicted molar refractivity (Wildman–Crippen MR) is 61.7 cm³/mol. The fraction of sp³-hybridized carbons (Fsp3) is 0.385. The van der Waals surface area contributed by atoms with E-state index in [9.17, 15) is 9.18 Å². The average molecular weight is 232 g/mol. The summed E-state index contributed by atoms with van der Waals surface area (Å²) in [5, 5.41) is 2.65. The third kappa shape index (κ3) is 1.84. The number of amides is 1. The van der Waals surface area contributed by atoms with Crippen molar-refractivity contribution in [3.63, 3.8) is 0 Å². The third-order valence-electron chi connectivity index (χ3n) is 3.65. The topological polar surface area (TPSA) is 42.0 Å². The van der Waals surface area contributed by atoms with Crippen LogP contribution >= 0.6 is 0 Å². The Kier molecular flexibility index (Phi) is 2.42. The van der Waals surface area contributed by atoms with E-state index >= 15 is 0 Å². The molecule has 88 valence electrons. The van der Waals surface area contributed by atoms with Gasteiger partial charge in [-0.2, -0.15) is 0 Å². The molecule has 1 saturated carbocycles. The summed E-state index contributed by atoms with van der Waals surface area (Å²) < 4.78 is 13.3. The molecule has 17 heavy (non-hydrogen) atoms. The first kappa shape index (κ1) is 10.4. The second-order valence-electron chi connectivity index (χ2n) is 4.73. The normalized spacial score (nSPS) is 29.6. The van der Waals surface area contributed by atoms with Crippen LogP contribution in [0.5, 0.6) is 0 Å². The highest BCUT2D eigenvalue weighted by atomic mass is 19.1. The van der Waals surface area contributed by atoms with Gasteiger partial charge >= 0.3 is 0 Å². The minimum absolute atomic E-state index is 0.00225. The quantitative estimate of drug-likeness (QED) is 0.795. The highest BCUT2D eigenvalue weighted by Gasteiger charge is 2.39. The summed E-state index contributed by atoms with van der Waals surface area (Å²) >= 11 is 0. The van der Waals surface area contributed by atoms with Gasteiger partial charge in [-0.1, -0.05) is 12.2 Å². The molecule has 1 N–H and O–H groups in total. The average Bonchev–Trinajstić information content (AvgIpc) is 2.94. The fourth-order valence-electron chi connectivity index (χ4n) is 2.78. The predicted octanol–water partition coefficient (Wildman–Crippen LogP) is 2.37. The SMILES string of the molecule is O=C(Nc1ccncc1F)C1CC2C=CC1C2. The number of hydrogen-bond donors (Lipinski definition) is 1. The summed E-state index contributed by atoms with van der Waals surface area (Å²) in [5.74, 6) is 0.312. The van der Waals surface area contributed by atoms with Gasteiger partial charge in [0, 0.05) is 12.1 Å². The third-order valence-corrected chi connectivity index (χ3v) is 3.65. The summed E-state index contributed by atoms with van der Waals surface area (Å²) in [7, 11) is 0. The molecule has 3 atom stereocenters. The van der Waals surface area contributed by atoms with Gasteiger partial charge in [-0.25, -0.2) is 4.39 Å². The molecule has 2 bridgehead atoms. The first-order chi connectivity index (χ1) is 8.24. The zero-order valence-corrected chi connectivity index (χ0v) is 9.27. The van der Waals surface area contributed by atoms with E-state index in [0.717, 1.165) is 19.0 Å². The standard InChI is InChI=1S/C13H13FN2O/c14-11-7-15-4-3-12(11)16-13(17)10-6-8-1-2-9(10)5-8/h1-4,7-10H,5-6H2,(H,15,16,17). The highest BCUT2D eigenvalue weighted by Crippen LogP contribution is 2.43. The number of nitrogens with zero attached hydrogens (tertiary/aromatic N) is 1. The van der Waals surface area contributed by atoms with E-state index in [1.165, 1.54) is 12.3 Å². The summed E-state index contributed by atoms with van der Waals surface area (Å²) in [4.78, 5) is 15.7. The Hall–Kier alpha value is -1.71. The van der Waals surface area contributed by atoms with Crippen molar-refractivity contribution in [2.45, 2.75) is 12.8 Å². The lowest BCUT2D eigenvalue weighted by Gasteiger charge is -2.17. The Morgan fingerprint density at radius 1 is 1.41 bits per heavy atom. The van der Waals surface area contributed by atoms with Crippen molar-refractivity contribution in [3.05, 3.63) is 36.4 Å². The second-order valence-corrected chi connectivity index (χ2v) is 4.73. The Morgan fingerprint density at radius 3 is 2.94 bits per heavy atom. The van der Waals surface area contributed by atoms with Crippen LogP contribution in [0.1, 0.15) is 12.8 Å². The molecule has 0 aliphatic heterocycles. The van der Waals surface area contributed by atoms with Crippen molar-refractivity contribution in [1.29, 1.82) is 0 Å². The van der Waals surface area contributed by atoms with Gasteiger partial charge in [-0.15, -0.1) is 0 Å². The molecule has 1 aromatic heterocycles. The number of carbonyl (C=O) groups excluding carboxylic acids is 1. The molecule has 3 unspecified atom stereocenters. The van der Waals surface area contributed by atoms with Gasteiger partial charge in [0.05, 0.1) is 11.9 Å². The van der Waals surface area contributed by atoms with E-state index in [-0.39, 0.29) is 17.5 Å².